The number of methoxy groups -OCH3 is 1. The van der Waals surface area contributed by atoms with Gasteiger partial charge in [0, 0.05) is 24.0 Å². The highest BCUT2D eigenvalue weighted by atomic mass is 16.5. The second kappa shape index (κ2) is 5.74. The Labute approximate surface area is 117 Å². The maximum absolute atomic E-state index is 12.0. The predicted octanol–water partition coefficient (Wildman–Crippen LogP) is 2.30. The van der Waals surface area contributed by atoms with Crippen molar-refractivity contribution in [3.63, 3.8) is 0 Å². The molecule has 2 rings (SSSR count). The van der Waals surface area contributed by atoms with Crippen molar-refractivity contribution in [2.75, 3.05) is 7.11 Å². The minimum absolute atomic E-state index is 0.106. The Morgan fingerprint density at radius 2 is 1.85 bits per heavy atom. The maximum atomic E-state index is 12.0. The number of aryl methyl sites for hydroxylation is 1. The number of pyridine rings is 1. The smallest absolute Gasteiger partial charge is 0.343 e. The summed E-state index contributed by atoms with van der Waals surface area (Å²) in [6.45, 7) is 4.24. The highest BCUT2D eigenvalue weighted by Gasteiger charge is 2.17. The maximum Gasteiger partial charge on any atom is 0.343 e. The van der Waals surface area contributed by atoms with E-state index in [4.69, 9.17) is 4.74 Å². The van der Waals surface area contributed by atoms with Gasteiger partial charge >= 0.3 is 5.97 Å². The van der Waals surface area contributed by atoms with E-state index in [1.165, 1.54) is 13.2 Å². The Bertz CT molecular complexity index is 687. The van der Waals surface area contributed by atoms with Gasteiger partial charge in [0.15, 0.2) is 5.43 Å². The van der Waals surface area contributed by atoms with E-state index in [0.29, 0.717) is 12.2 Å². The van der Waals surface area contributed by atoms with Gasteiger partial charge in [0.2, 0.25) is 0 Å². The Kier molecular flexibility index (Phi) is 4.03. The zero-order valence-corrected chi connectivity index (χ0v) is 11.8. The highest BCUT2D eigenvalue weighted by Crippen LogP contribution is 2.12. The Balaban J connectivity index is 2.54. The molecule has 4 heteroatoms. The molecule has 104 valence electrons. The average molecular weight is 271 g/mol. The molecule has 0 fully saturated rings. The van der Waals surface area contributed by atoms with Crippen LogP contribution in [0.4, 0.5) is 0 Å². The number of rotatable bonds is 3. The molecule has 0 saturated heterocycles. The normalized spacial score (nSPS) is 10.3. The number of carbonyl (C=O) groups is 1. The summed E-state index contributed by atoms with van der Waals surface area (Å²) in [5.41, 5.74) is 2.37. The summed E-state index contributed by atoms with van der Waals surface area (Å²) in [6.07, 6.45) is 0. The van der Waals surface area contributed by atoms with E-state index >= 15 is 0 Å². The van der Waals surface area contributed by atoms with Crippen LogP contribution in [0.25, 0.3) is 0 Å². The van der Waals surface area contributed by atoms with Crippen molar-refractivity contribution in [2.45, 2.75) is 20.4 Å². The van der Waals surface area contributed by atoms with Gasteiger partial charge in [-0.1, -0.05) is 30.3 Å². The monoisotopic (exact) mass is 271 g/mol. The third-order valence-corrected chi connectivity index (χ3v) is 3.35. The molecule has 0 atom stereocenters. The highest BCUT2D eigenvalue weighted by molar-refractivity contribution is 5.90. The lowest BCUT2D eigenvalue weighted by atomic mass is 10.1. The second-order valence-corrected chi connectivity index (χ2v) is 4.67. The summed E-state index contributed by atoms with van der Waals surface area (Å²) in [7, 11) is 1.28. The van der Waals surface area contributed by atoms with Crippen molar-refractivity contribution in [3.8, 4) is 0 Å². The molecular formula is C16H17NO3. The standard InChI is InChI=1S/C16H17NO3/c1-11-9-14(18)15(16(19)20-3)12(2)17(11)10-13-7-5-4-6-8-13/h4-9H,10H2,1-3H3. The van der Waals surface area contributed by atoms with Gasteiger partial charge in [-0.05, 0) is 19.4 Å². The van der Waals surface area contributed by atoms with Gasteiger partial charge in [0.1, 0.15) is 5.56 Å². The van der Waals surface area contributed by atoms with Crippen molar-refractivity contribution in [1.29, 1.82) is 0 Å². The third-order valence-electron chi connectivity index (χ3n) is 3.35. The number of nitrogens with zero attached hydrogens (tertiary/aromatic N) is 1. The molecule has 4 nitrogen and oxygen atoms in total. The molecule has 0 aliphatic carbocycles. The first kappa shape index (κ1) is 14.1. The van der Waals surface area contributed by atoms with Crippen molar-refractivity contribution in [2.24, 2.45) is 0 Å². The predicted molar refractivity (Wildman–Crippen MR) is 77.1 cm³/mol. The second-order valence-electron chi connectivity index (χ2n) is 4.67. The van der Waals surface area contributed by atoms with Gasteiger partial charge in [-0.15, -0.1) is 0 Å². The molecule has 0 unspecified atom stereocenters. The molecule has 0 aliphatic heterocycles. The lowest BCUT2D eigenvalue weighted by Crippen LogP contribution is -2.24. The van der Waals surface area contributed by atoms with E-state index in [1.807, 2.05) is 41.8 Å². The fourth-order valence-electron chi connectivity index (χ4n) is 2.28. The van der Waals surface area contributed by atoms with Gasteiger partial charge in [0.25, 0.3) is 0 Å². The molecule has 0 N–H and O–H groups in total. The molecular weight excluding hydrogens is 254 g/mol. The SMILES string of the molecule is COC(=O)c1c(C)n(Cc2ccccc2)c(C)cc1=O. The fourth-order valence-corrected chi connectivity index (χ4v) is 2.28. The van der Waals surface area contributed by atoms with E-state index in [9.17, 15) is 9.59 Å². The van der Waals surface area contributed by atoms with Gasteiger partial charge in [0.05, 0.1) is 7.11 Å². The minimum atomic E-state index is -0.589. The van der Waals surface area contributed by atoms with Crippen LogP contribution in [0.5, 0.6) is 0 Å². The molecule has 0 bridgehead atoms. The van der Waals surface area contributed by atoms with Gasteiger partial charge in [-0.2, -0.15) is 0 Å². The minimum Gasteiger partial charge on any atom is -0.465 e. The zero-order valence-electron chi connectivity index (χ0n) is 11.8. The number of hydrogen-bond acceptors (Lipinski definition) is 3. The van der Waals surface area contributed by atoms with Crippen LogP contribution >= 0.6 is 0 Å². The van der Waals surface area contributed by atoms with Crippen LogP contribution in [0.15, 0.2) is 41.2 Å². The lowest BCUT2D eigenvalue weighted by molar-refractivity contribution is 0.0597. The first-order valence-corrected chi connectivity index (χ1v) is 6.38. The Morgan fingerprint density at radius 1 is 1.20 bits per heavy atom. The van der Waals surface area contributed by atoms with Crippen LogP contribution in [-0.2, 0) is 11.3 Å². The third kappa shape index (κ3) is 2.64. The van der Waals surface area contributed by atoms with Gasteiger partial charge in [-0.3, -0.25) is 4.79 Å². The molecule has 0 aliphatic rings. The summed E-state index contributed by atoms with van der Waals surface area (Å²) in [6, 6.07) is 11.4. The fraction of sp³-hybridized carbons (Fsp3) is 0.250. The molecule has 2 aromatic rings. The van der Waals surface area contributed by atoms with Crippen LogP contribution in [0.2, 0.25) is 0 Å². The molecule has 0 amide bonds. The largest absolute Gasteiger partial charge is 0.465 e. The van der Waals surface area contributed by atoms with Crippen LogP contribution in [0.3, 0.4) is 0 Å². The Morgan fingerprint density at radius 3 is 2.45 bits per heavy atom. The average Bonchev–Trinajstić information content (AvgIpc) is 2.44. The van der Waals surface area contributed by atoms with Gasteiger partial charge in [-0.25, -0.2) is 4.79 Å². The molecule has 0 saturated carbocycles. The van der Waals surface area contributed by atoms with Crippen LogP contribution in [-0.4, -0.2) is 17.6 Å². The number of hydrogen-bond donors (Lipinski definition) is 0. The van der Waals surface area contributed by atoms with Crippen LogP contribution < -0.4 is 5.43 Å². The molecule has 1 aromatic carbocycles. The molecule has 1 aromatic heterocycles. The summed E-state index contributed by atoms with van der Waals surface area (Å²) in [5, 5.41) is 0. The number of aromatic nitrogens is 1. The summed E-state index contributed by atoms with van der Waals surface area (Å²) < 4.78 is 6.64. The van der Waals surface area contributed by atoms with Crippen molar-refractivity contribution in [3.05, 3.63) is 69.1 Å². The molecule has 0 spiro atoms. The van der Waals surface area contributed by atoms with Gasteiger partial charge < -0.3 is 9.30 Å². The number of esters is 1. The van der Waals surface area contributed by atoms with E-state index in [1.54, 1.807) is 6.92 Å². The number of ether oxygens (including phenoxy) is 1. The van der Waals surface area contributed by atoms with E-state index in [2.05, 4.69) is 0 Å². The first-order valence-electron chi connectivity index (χ1n) is 6.38. The van der Waals surface area contributed by atoms with Crippen molar-refractivity contribution in [1.82, 2.24) is 4.57 Å². The first-order chi connectivity index (χ1) is 9.54. The topological polar surface area (TPSA) is 48.3 Å². The lowest BCUT2D eigenvalue weighted by Gasteiger charge is -2.16. The van der Waals surface area contributed by atoms with E-state index in [-0.39, 0.29) is 11.0 Å². The number of carbonyl (C=O) groups excluding carboxylic acids is 1. The number of benzene rings is 1. The van der Waals surface area contributed by atoms with Crippen LogP contribution in [0, 0.1) is 13.8 Å². The summed E-state index contributed by atoms with van der Waals surface area (Å²) in [5.74, 6) is -0.589. The van der Waals surface area contributed by atoms with Crippen LogP contribution in [0.1, 0.15) is 27.3 Å². The Hall–Kier alpha value is -2.36. The van der Waals surface area contributed by atoms with E-state index < -0.39 is 5.97 Å². The quantitative estimate of drug-likeness (QED) is 0.805. The molecule has 1 heterocycles. The molecule has 0 radical (unpaired) electrons. The molecule has 20 heavy (non-hydrogen) atoms. The van der Waals surface area contributed by atoms with E-state index in [0.717, 1.165) is 11.3 Å². The summed E-state index contributed by atoms with van der Waals surface area (Å²) in [4.78, 5) is 23.7. The van der Waals surface area contributed by atoms with Crippen molar-refractivity contribution < 1.29 is 9.53 Å². The van der Waals surface area contributed by atoms with Crippen molar-refractivity contribution >= 4 is 5.97 Å². The zero-order chi connectivity index (χ0) is 14.7. The summed E-state index contributed by atoms with van der Waals surface area (Å²) >= 11 is 0.